The lowest BCUT2D eigenvalue weighted by molar-refractivity contribution is 0.669. The summed E-state index contributed by atoms with van der Waals surface area (Å²) in [6.07, 6.45) is 0. The van der Waals surface area contributed by atoms with E-state index in [1.54, 1.807) is 0 Å². The molecule has 2 nitrogen and oxygen atoms in total. The molecule has 0 unspecified atom stereocenters. The average Bonchev–Trinajstić information content (AvgIpc) is 3.49. The fourth-order valence-electron chi connectivity index (χ4n) is 6.81. The SMILES string of the molecule is c1ccc(-c2cccc(N(c3cc4ccccc4c4ccccc34)c3cc4ccccc4c4c3oc3ccccc34)c2)cc1. The molecule has 0 amide bonds. The van der Waals surface area contributed by atoms with Crippen LogP contribution < -0.4 is 4.90 Å². The minimum atomic E-state index is 0.882. The predicted octanol–water partition coefficient (Wildman–Crippen LogP) is 12.2. The molecule has 0 aliphatic carbocycles. The molecule has 8 aromatic carbocycles. The molecule has 206 valence electrons. The third-order valence-electron chi connectivity index (χ3n) is 8.79. The topological polar surface area (TPSA) is 16.4 Å². The molecular weight excluding hydrogens is 534 g/mol. The molecule has 0 aliphatic rings. The van der Waals surface area contributed by atoms with E-state index in [-0.39, 0.29) is 0 Å². The Labute approximate surface area is 255 Å². The summed E-state index contributed by atoms with van der Waals surface area (Å²) in [4.78, 5) is 2.40. The normalized spacial score (nSPS) is 11.6. The van der Waals surface area contributed by atoms with Gasteiger partial charge in [-0.05, 0) is 68.4 Å². The van der Waals surface area contributed by atoms with Gasteiger partial charge in [0, 0.05) is 21.8 Å². The molecule has 0 saturated heterocycles. The monoisotopic (exact) mass is 561 g/mol. The highest BCUT2D eigenvalue weighted by Gasteiger charge is 2.24. The number of furan rings is 1. The van der Waals surface area contributed by atoms with Gasteiger partial charge < -0.3 is 9.32 Å². The summed E-state index contributed by atoms with van der Waals surface area (Å²) < 4.78 is 6.79. The zero-order valence-electron chi connectivity index (χ0n) is 23.9. The lowest BCUT2D eigenvalue weighted by Crippen LogP contribution is -2.11. The van der Waals surface area contributed by atoms with Crippen molar-refractivity contribution >= 4 is 71.3 Å². The first-order valence-corrected chi connectivity index (χ1v) is 15.0. The third kappa shape index (κ3) is 3.82. The molecule has 2 heteroatoms. The Hall–Kier alpha value is -5.86. The molecule has 0 atom stereocenters. The van der Waals surface area contributed by atoms with Crippen LogP contribution in [0.3, 0.4) is 0 Å². The van der Waals surface area contributed by atoms with Gasteiger partial charge in [0.25, 0.3) is 0 Å². The summed E-state index contributed by atoms with van der Waals surface area (Å²) in [5.41, 5.74) is 7.32. The van der Waals surface area contributed by atoms with Gasteiger partial charge in [0.2, 0.25) is 0 Å². The smallest absolute Gasteiger partial charge is 0.160 e. The van der Waals surface area contributed by atoms with Crippen LogP contribution in [-0.4, -0.2) is 0 Å². The second-order valence-electron chi connectivity index (χ2n) is 11.3. The number of fused-ring (bicyclic) bond motifs is 8. The molecule has 0 spiro atoms. The van der Waals surface area contributed by atoms with Gasteiger partial charge in [-0.25, -0.2) is 0 Å². The van der Waals surface area contributed by atoms with E-state index in [4.69, 9.17) is 4.42 Å². The Morgan fingerprint density at radius 3 is 1.80 bits per heavy atom. The maximum Gasteiger partial charge on any atom is 0.160 e. The molecule has 1 heterocycles. The van der Waals surface area contributed by atoms with Crippen molar-refractivity contribution in [1.29, 1.82) is 0 Å². The van der Waals surface area contributed by atoms with Crippen LogP contribution in [0.4, 0.5) is 17.1 Å². The standard InChI is InChI=1S/C42H27NO/c1-2-13-28(14-3-1)29-17-12-18-32(25-29)43(38-26-30-15-4-6-19-33(30)35-21-8-9-22-36(35)38)39-27-31-16-5-7-20-34(31)41-37-23-10-11-24-40(37)44-42(39)41/h1-27H. The van der Waals surface area contributed by atoms with Crippen molar-refractivity contribution in [2.24, 2.45) is 0 Å². The minimum absolute atomic E-state index is 0.882. The van der Waals surface area contributed by atoms with Crippen molar-refractivity contribution in [3.63, 3.8) is 0 Å². The number of rotatable bonds is 4. The Balaban J connectivity index is 1.44. The molecule has 0 bridgehead atoms. The summed E-state index contributed by atoms with van der Waals surface area (Å²) in [7, 11) is 0. The van der Waals surface area contributed by atoms with Gasteiger partial charge >= 0.3 is 0 Å². The van der Waals surface area contributed by atoms with Crippen LogP contribution in [0.25, 0.3) is 65.4 Å². The molecular formula is C42H27NO. The molecule has 9 aromatic rings. The maximum atomic E-state index is 6.79. The summed E-state index contributed by atoms with van der Waals surface area (Å²) in [5, 5.41) is 9.50. The van der Waals surface area contributed by atoms with Gasteiger partial charge in [-0.3, -0.25) is 0 Å². The minimum Gasteiger partial charge on any atom is -0.454 e. The summed E-state index contributed by atoms with van der Waals surface area (Å²) in [5.74, 6) is 0. The lowest BCUT2D eigenvalue weighted by Gasteiger charge is -2.28. The Kier molecular flexibility index (Phi) is 5.54. The quantitative estimate of drug-likeness (QED) is 0.199. The highest BCUT2D eigenvalue weighted by Crippen LogP contribution is 2.48. The van der Waals surface area contributed by atoms with E-state index in [0.717, 1.165) is 39.0 Å². The summed E-state index contributed by atoms with van der Waals surface area (Å²) in [6, 6.07) is 58.5. The van der Waals surface area contributed by atoms with Crippen LogP contribution in [0.15, 0.2) is 168 Å². The third-order valence-corrected chi connectivity index (χ3v) is 8.79. The van der Waals surface area contributed by atoms with Crippen molar-refractivity contribution < 1.29 is 4.42 Å². The van der Waals surface area contributed by atoms with Crippen molar-refractivity contribution in [2.75, 3.05) is 4.90 Å². The number of hydrogen-bond acceptors (Lipinski definition) is 2. The van der Waals surface area contributed by atoms with Crippen LogP contribution >= 0.6 is 0 Å². The number of anilines is 3. The molecule has 44 heavy (non-hydrogen) atoms. The van der Waals surface area contributed by atoms with E-state index in [1.807, 2.05) is 6.07 Å². The van der Waals surface area contributed by atoms with E-state index in [9.17, 15) is 0 Å². The highest BCUT2D eigenvalue weighted by atomic mass is 16.3. The predicted molar refractivity (Wildman–Crippen MR) is 186 cm³/mol. The van der Waals surface area contributed by atoms with E-state index in [2.05, 4.69) is 163 Å². The van der Waals surface area contributed by atoms with Crippen molar-refractivity contribution in [3.8, 4) is 11.1 Å². The molecule has 0 N–H and O–H groups in total. The summed E-state index contributed by atoms with van der Waals surface area (Å²) in [6.45, 7) is 0. The molecule has 9 rings (SSSR count). The van der Waals surface area contributed by atoms with Crippen LogP contribution in [0.1, 0.15) is 0 Å². The number of nitrogens with zero attached hydrogens (tertiary/aromatic N) is 1. The Morgan fingerprint density at radius 2 is 0.977 bits per heavy atom. The maximum absolute atomic E-state index is 6.79. The van der Waals surface area contributed by atoms with Crippen molar-refractivity contribution in [1.82, 2.24) is 0 Å². The lowest BCUT2D eigenvalue weighted by atomic mass is 9.97. The first kappa shape index (κ1) is 24.7. The van der Waals surface area contributed by atoms with Crippen LogP contribution in [0, 0.1) is 0 Å². The van der Waals surface area contributed by atoms with E-state index in [0.29, 0.717) is 0 Å². The van der Waals surface area contributed by atoms with Crippen LogP contribution in [-0.2, 0) is 0 Å². The highest BCUT2D eigenvalue weighted by molar-refractivity contribution is 6.24. The van der Waals surface area contributed by atoms with Crippen molar-refractivity contribution in [2.45, 2.75) is 0 Å². The van der Waals surface area contributed by atoms with Crippen LogP contribution in [0.5, 0.6) is 0 Å². The van der Waals surface area contributed by atoms with Crippen molar-refractivity contribution in [3.05, 3.63) is 164 Å². The largest absolute Gasteiger partial charge is 0.454 e. The van der Waals surface area contributed by atoms with Gasteiger partial charge in [0.1, 0.15) is 5.58 Å². The fraction of sp³-hybridized carbons (Fsp3) is 0. The molecule has 1 aromatic heterocycles. The molecule has 0 saturated carbocycles. The second-order valence-corrected chi connectivity index (χ2v) is 11.3. The number of hydrogen-bond donors (Lipinski definition) is 0. The zero-order valence-corrected chi connectivity index (χ0v) is 23.9. The first-order chi connectivity index (χ1) is 21.8. The van der Waals surface area contributed by atoms with Gasteiger partial charge in [-0.1, -0.05) is 133 Å². The van der Waals surface area contributed by atoms with E-state index in [1.165, 1.54) is 43.4 Å². The van der Waals surface area contributed by atoms with Crippen LogP contribution in [0.2, 0.25) is 0 Å². The van der Waals surface area contributed by atoms with Gasteiger partial charge in [-0.15, -0.1) is 0 Å². The summed E-state index contributed by atoms with van der Waals surface area (Å²) >= 11 is 0. The van der Waals surface area contributed by atoms with Gasteiger partial charge in [-0.2, -0.15) is 0 Å². The molecule has 0 radical (unpaired) electrons. The van der Waals surface area contributed by atoms with Gasteiger partial charge in [0.15, 0.2) is 5.58 Å². The fourth-order valence-corrected chi connectivity index (χ4v) is 6.81. The Bertz CT molecular complexity index is 2510. The van der Waals surface area contributed by atoms with E-state index >= 15 is 0 Å². The average molecular weight is 562 g/mol. The number of para-hydroxylation sites is 1. The van der Waals surface area contributed by atoms with E-state index < -0.39 is 0 Å². The van der Waals surface area contributed by atoms with Gasteiger partial charge in [0.05, 0.1) is 11.4 Å². The second kappa shape index (κ2) is 9.86. The zero-order chi connectivity index (χ0) is 29.0. The first-order valence-electron chi connectivity index (χ1n) is 15.0. The molecule has 0 fully saturated rings. The Morgan fingerprint density at radius 1 is 0.386 bits per heavy atom. The molecule has 0 aliphatic heterocycles. The number of benzene rings is 8.